The second-order valence-corrected chi connectivity index (χ2v) is 7.38. The van der Waals surface area contributed by atoms with Crippen molar-refractivity contribution >= 4 is 35.7 Å². The number of carbonyl (C=O) groups excluding carboxylic acids is 1. The third-order valence-electron chi connectivity index (χ3n) is 5.28. The first kappa shape index (κ1) is 21.9. The van der Waals surface area contributed by atoms with Crippen molar-refractivity contribution in [2.24, 2.45) is 5.92 Å². The van der Waals surface area contributed by atoms with Crippen molar-refractivity contribution in [1.82, 2.24) is 4.90 Å². The summed E-state index contributed by atoms with van der Waals surface area (Å²) in [7, 11) is 1.32. The number of unbranched alkanes of at least 4 members (excludes halogenated alkanes) is 1. The van der Waals surface area contributed by atoms with Crippen LogP contribution >= 0.6 is 24.0 Å². The van der Waals surface area contributed by atoms with E-state index < -0.39 is 5.97 Å². The number of piperidine rings is 1. The van der Waals surface area contributed by atoms with Crippen molar-refractivity contribution in [3.63, 3.8) is 0 Å². The van der Waals surface area contributed by atoms with Crippen LogP contribution in [0.15, 0.2) is 6.07 Å². The Morgan fingerprint density at radius 2 is 2.07 bits per heavy atom. The highest BCUT2D eigenvalue weighted by atomic mass is 35.5. The summed E-state index contributed by atoms with van der Waals surface area (Å²) in [6.45, 7) is 5.94. The SMILES string of the molecule is CCCCN1CCC(C2COc3c(C(=O)OC)cc(Cl)c(N)c3O2)CC1.Cl. The average molecular weight is 419 g/mol. The van der Waals surface area contributed by atoms with Crippen molar-refractivity contribution in [2.75, 3.05) is 39.1 Å². The first-order valence-electron chi connectivity index (χ1n) is 9.27. The van der Waals surface area contributed by atoms with Gasteiger partial charge in [0, 0.05) is 5.92 Å². The average Bonchev–Trinajstić information content (AvgIpc) is 2.68. The van der Waals surface area contributed by atoms with Gasteiger partial charge in [0.25, 0.3) is 0 Å². The van der Waals surface area contributed by atoms with Gasteiger partial charge in [-0.05, 0) is 45.0 Å². The van der Waals surface area contributed by atoms with E-state index in [2.05, 4.69) is 11.8 Å². The monoisotopic (exact) mass is 418 g/mol. The van der Waals surface area contributed by atoms with Gasteiger partial charge in [0.05, 0.1) is 17.8 Å². The molecule has 0 saturated carbocycles. The standard InChI is InChI=1S/C19H27ClN2O4.ClH/c1-3-4-7-22-8-5-12(6-9-22)15-11-25-17-13(19(23)24-2)10-14(20)16(21)18(17)26-15;/h10,12,15H,3-9,11,21H2,1-2H3;1H. The Balaban J connectivity index is 0.00000261. The van der Waals surface area contributed by atoms with Gasteiger partial charge < -0.3 is 24.8 Å². The largest absolute Gasteiger partial charge is 0.485 e. The number of nitrogens with zero attached hydrogens (tertiary/aromatic N) is 1. The van der Waals surface area contributed by atoms with Gasteiger partial charge in [0.2, 0.25) is 0 Å². The zero-order valence-corrected chi connectivity index (χ0v) is 17.4. The maximum Gasteiger partial charge on any atom is 0.341 e. The topological polar surface area (TPSA) is 74.0 Å². The van der Waals surface area contributed by atoms with Crippen LogP contribution in [0.4, 0.5) is 5.69 Å². The molecule has 0 aromatic heterocycles. The predicted octanol–water partition coefficient (Wildman–Crippen LogP) is 3.78. The van der Waals surface area contributed by atoms with Crippen LogP contribution < -0.4 is 15.2 Å². The van der Waals surface area contributed by atoms with E-state index in [-0.39, 0.29) is 29.1 Å². The Kier molecular flexibility index (Phi) is 7.89. The zero-order chi connectivity index (χ0) is 18.7. The van der Waals surface area contributed by atoms with Gasteiger partial charge >= 0.3 is 5.97 Å². The third-order valence-corrected chi connectivity index (χ3v) is 5.59. The molecule has 1 unspecified atom stereocenters. The van der Waals surface area contributed by atoms with E-state index in [1.165, 1.54) is 32.6 Å². The Bertz CT molecular complexity index is 664. The summed E-state index contributed by atoms with van der Waals surface area (Å²) in [6.07, 6.45) is 4.52. The number of esters is 1. The number of rotatable bonds is 5. The number of likely N-dealkylation sites (tertiary alicyclic amines) is 1. The van der Waals surface area contributed by atoms with E-state index in [0.717, 1.165) is 25.9 Å². The van der Waals surface area contributed by atoms with Crippen molar-refractivity contribution in [3.8, 4) is 11.5 Å². The Morgan fingerprint density at radius 1 is 1.37 bits per heavy atom. The minimum absolute atomic E-state index is 0. The first-order chi connectivity index (χ1) is 12.5. The number of carbonyl (C=O) groups is 1. The first-order valence-corrected chi connectivity index (χ1v) is 9.65. The van der Waals surface area contributed by atoms with Crippen LogP contribution in [0.25, 0.3) is 0 Å². The van der Waals surface area contributed by atoms with Crippen LogP contribution in [-0.2, 0) is 4.74 Å². The van der Waals surface area contributed by atoms with Gasteiger partial charge in [-0.1, -0.05) is 24.9 Å². The van der Waals surface area contributed by atoms with E-state index in [0.29, 0.717) is 29.7 Å². The number of methoxy groups -OCH3 is 1. The molecule has 1 aromatic rings. The highest BCUT2D eigenvalue weighted by Gasteiger charge is 2.35. The number of fused-ring (bicyclic) bond motifs is 1. The number of benzene rings is 1. The minimum Gasteiger partial charge on any atom is -0.485 e. The molecule has 1 atom stereocenters. The number of halogens is 2. The maximum absolute atomic E-state index is 12.0. The quantitative estimate of drug-likeness (QED) is 0.579. The summed E-state index contributed by atoms with van der Waals surface area (Å²) in [5.74, 6) is 0.577. The molecule has 27 heavy (non-hydrogen) atoms. The van der Waals surface area contributed by atoms with Gasteiger partial charge in [-0.15, -0.1) is 12.4 Å². The highest BCUT2D eigenvalue weighted by Crippen LogP contribution is 2.45. The lowest BCUT2D eigenvalue weighted by Crippen LogP contribution is -2.43. The lowest BCUT2D eigenvalue weighted by Gasteiger charge is -2.38. The highest BCUT2D eigenvalue weighted by molar-refractivity contribution is 6.34. The number of nitrogens with two attached hydrogens (primary N) is 1. The van der Waals surface area contributed by atoms with Gasteiger partial charge in [-0.25, -0.2) is 4.79 Å². The smallest absolute Gasteiger partial charge is 0.341 e. The molecule has 2 aliphatic heterocycles. The minimum atomic E-state index is -0.519. The van der Waals surface area contributed by atoms with Crippen LogP contribution in [0.5, 0.6) is 11.5 Å². The molecule has 0 radical (unpaired) electrons. The molecule has 6 nitrogen and oxygen atoms in total. The van der Waals surface area contributed by atoms with Crippen molar-refractivity contribution < 1.29 is 19.0 Å². The zero-order valence-electron chi connectivity index (χ0n) is 15.8. The molecule has 8 heteroatoms. The summed E-state index contributed by atoms with van der Waals surface area (Å²) < 4.78 is 16.9. The van der Waals surface area contributed by atoms with E-state index in [1.54, 1.807) is 0 Å². The van der Waals surface area contributed by atoms with Crippen LogP contribution in [-0.4, -0.2) is 50.3 Å². The molecule has 0 aliphatic carbocycles. The molecule has 152 valence electrons. The molecular formula is C19H28Cl2N2O4. The lowest BCUT2D eigenvalue weighted by molar-refractivity contribution is 0.0198. The fourth-order valence-electron chi connectivity index (χ4n) is 3.66. The molecule has 1 saturated heterocycles. The van der Waals surface area contributed by atoms with E-state index in [9.17, 15) is 4.79 Å². The lowest BCUT2D eigenvalue weighted by atomic mass is 9.90. The molecule has 0 spiro atoms. The third kappa shape index (κ3) is 4.73. The molecule has 2 heterocycles. The van der Waals surface area contributed by atoms with Gasteiger partial charge in [0.15, 0.2) is 11.5 Å². The van der Waals surface area contributed by atoms with Crippen molar-refractivity contribution in [3.05, 3.63) is 16.7 Å². The molecule has 1 fully saturated rings. The summed E-state index contributed by atoms with van der Waals surface area (Å²) in [4.78, 5) is 14.5. The van der Waals surface area contributed by atoms with E-state index in [1.807, 2.05) is 0 Å². The number of hydrogen-bond donors (Lipinski definition) is 1. The predicted molar refractivity (Wildman–Crippen MR) is 108 cm³/mol. The van der Waals surface area contributed by atoms with E-state index >= 15 is 0 Å². The second-order valence-electron chi connectivity index (χ2n) is 6.97. The fraction of sp³-hybridized carbons (Fsp3) is 0.632. The summed E-state index contributed by atoms with van der Waals surface area (Å²) in [5, 5.41) is 0.266. The Labute approximate surface area is 171 Å². The summed E-state index contributed by atoms with van der Waals surface area (Å²) in [6, 6.07) is 1.47. The summed E-state index contributed by atoms with van der Waals surface area (Å²) >= 11 is 6.18. The molecule has 0 bridgehead atoms. The summed E-state index contributed by atoms with van der Waals surface area (Å²) in [5.41, 5.74) is 6.64. The number of nitrogen functional groups attached to an aromatic ring is 1. The molecule has 3 rings (SSSR count). The number of ether oxygens (including phenoxy) is 3. The van der Waals surface area contributed by atoms with Gasteiger partial charge in [-0.2, -0.15) is 0 Å². The maximum atomic E-state index is 12.0. The Hall–Kier alpha value is -1.37. The number of anilines is 1. The van der Waals surface area contributed by atoms with Crippen LogP contribution in [0.2, 0.25) is 5.02 Å². The number of hydrogen-bond acceptors (Lipinski definition) is 6. The molecule has 2 aliphatic rings. The van der Waals surface area contributed by atoms with Crippen LogP contribution in [0.1, 0.15) is 43.0 Å². The normalized spacial score (nSPS) is 20.0. The van der Waals surface area contributed by atoms with Gasteiger partial charge in [0.1, 0.15) is 18.3 Å². The van der Waals surface area contributed by atoms with Crippen molar-refractivity contribution in [1.29, 1.82) is 0 Å². The molecule has 1 aromatic carbocycles. The molecule has 2 N–H and O–H groups in total. The van der Waals surface area contributed by atoms with Gasteiger partial charge in [-0.3, -0.25) is 0 Å². The second kappa shape index (κ2) is 9.71. The van der Waals surface area contributed by atoms with Crippen LogP contribution in [0, 0.1) is 5.92 Å². The van der Waals surface area contributed by atoms with E-state index in [4.69, 9.17) is 31.5 Å². The Morgan fingerprint density at radius 3 is 2.70 bits per heavy atom. The fourth-order valence-corrected chi connectivity index (χ4v) is 3.85. The molecule has 0 amide bonds. The van der Waals surface area contributed by atoms with Crippen LogP contribution in [0.3, 0.4) is 0 Å². The van der Waals surface area contributed by atoms with Crippen molar-refractivity contribution in [2.45, 2.75) is 38.7 Å². The molecular weight excluding hydrogens is 391 g/mol.